The smallest absolute Gasteiger partial charge is 0.0419 e. The van der Waals surface area contributed by atoms with E-state index in [1.54, 1.807) is 0 Å². The van der Waals surface area contributed by atoms with Gasteiger partial charge in [0.15, 0.2) is 0 Å². The average molecular weight is 292 g/mol. The van der Waals surface area contributed by atoms with E-state index in [0.29, 0.717) is 5.92 Å². The van der Waals surface area contributed by atoms with Gasteiger partial charge in [0.1, 0.15) is 0 Å². The number of halogens is 1. The summed E-state index contributed by atoms with van der Waals surface area (Å²) in [6.07, 6.45) is 12.8. The maximum absolute atomic E-state index is 6.73. The highest BCUT2D eigenvalue weighted by Crippen LogP contribution is 2.44. The zero-order chi connectivity index (χ0) is 13.9. The van der Waals surface area contributed by atoms with Crippen LogP contribution in [-0.4, -0.2) is 10.4 Å². The predicted molar refractivity (Wildman–Crippen MR) is 85.1 cm³/mol. The maximum Gasteiger partial charge on any atom is 0.0419 e. The summed E-state index contributed by atoms with van der Waals surface area (Å²) >= 11 is 6.73. The van der Waals surface area contributed by atoms with E-state index in [2.05, 4.69) is 24.0 Å². The van der Waals surface area contributed by atoms with Gasteiger partial charge in [-0.1, -0.05) is 31.7 Å². The fourth-order valence-corrected chi connectivity index (χ4v) is 4.61. The van der Waals surface area contributed by atoms with Gasteiger partial charge in [-0.2, -0.15) is 0 Å². The molecule has 0 spiro atoms. The van der Waals surface area contributed by atoms with Crippen LogP contribution in [0.3, 0.4) is 0 Å². The first-order valence-electron chi connectivity index (χ1n) is 8.28. The molecule has 0 N–H and O–H groups in total. The van der Waals surface area contributed by atoms with Crippen LogP contribution in [0.15, 0.2) is 18.3 Å². The van der Waals surface area contributed by atoms with Crippen molar-refractivity contribution in [1.82, 2.24) is 4.98 Å². The van der Waals surface area contributed by atoms with Crippen molar-refractivity contribution in [2.75, 3.05) is 0 Å². The zero-order valence-corrected chi connectivity index (χ0v) is 13.3. The second-order valence-corrected chi connectivity index (χ2v) is 7.49. The molecule has 2 fully saturated rings. The molecule has 1 nitrogen and oxygen atoms in total. The Hall–Kier alpha value is -0.560. The van der Waals surface area contributed by atoms with Crippen LogP contribution in [0.1, 0.15) is 56.2 Å². The third-order valence-electron chi connectivity index (χ3n) is 5.47. The Morgan fingerprint density at radius 2 is 1.95 bits per heavy atom. The van der Waals surface area contributed by atoms with Gasteiger partial charge in [-0.15, -0.1) is 11.6 Å². The Labute approximate surface area is 128 Å². The van der Waals surface area contributed by atoms with Crippen LogP contribution >= 0.6 is 11.6 Å². The normalized spacial score (nSPS) is 31.6. The number of aryl methyl sites for hydroxylation is 1. The quantitative estimate of drug-likeness (QED) is 0.702. The first kappa shape index (κ1) is 14.4. The van der Waals surface area contributed by atoms with Crippen molar-refractivity contribution in [3.63, 3.8) is 0 Å². The van der Waals surface area contributed by atoms with Crippen LogP contribution in [0.4, 0.5) is 0 Å². The highest BCUT2D eigenvalue weighted by molar-refractivity contribution is 6.20. The molecule has 110 valence electrons. The van der Waals surface area contributed by atoms with Crippen molar-refractivity contribution in [2.24, 2.45) is 17.8 Å². The van der Waals surface area contributed by atoms with Crippen LogP contribution < -0.4 is 0 Å². The van der Waals surface area contributed by atoms with E-state index in [4.69, 9.17) is 11.6 Å². The van der Waals surface area contributed by atoms with Crippen molar-refractivity contribution in [3.05, 3.63) is 29.6 Å². The van der Waals surface area contributed by atoms with Crippen molar-refractivity contribution in [2.45, 2.75) is 63.7 Å². The molecular formula is C18H26ClN. The number of alkyl halides is 1. The Balaban J connectivity index is 1.57. The molecule has 0 bridgehead atoms. The highest BCUT2D eigenvalue weighted by atomic mass is 35.5. The number of fused-ring (bicyclic) bond motifs is 1. The second-order valence-electron chi connectivity index (χ2n) is 6.92. The summed E-state index contributed by atoms with van der Waals surface area (Å²) in [5.74, 6) is 2.69. The van der Waals surface area contributed by atoms with Gasteiger partial charge in [0.25, 0.3) is 0 Å². The van der Waals surface area contributed by atoms with Gasteiger partial charge in [-0.3, -0.25) is 4.98 Å². The molecule has 2 aliphatic carbocycles. The fraction of sp³-hybridized carbons (Fsp3) is 0.722. The molecule has 0 saturated heterocycles. The van der Waals surface area contributed by atoms with Crippen molar-refractivity contribution < 1.29 is 0 Å². The standard InChI is InChI=1S/C18H26ClN/c1-13-6-9-17(20-12-13)11-18(19)16-8-7-14-4-2-3-5-15(14)10-16/h6,9,12,14-16,18H,2-5,7-8,10-11H2,1H3. The summed E-state index contributed by atoms with van der Waals surface area (Å²) in [5.41, 5.74) is 2.38. The number of aromatic nitrogens is 1. The molecule has 20 heavy (non-hydrogen) atoms. The van der Waals surface area contributed by atoms with Crippen LogP contribution in [-0.2, 0) is 6.42 Å². The van der Waals surface area contributed by atoms with E-state index < -0.39 is 0 Å². The maximum atomic E-state index is 6.73. The summed E-state index contributed by atoms with van der Waals surface area (Å²) in [4.78, 5) is 4.51. The van der Waals surface area contributed by atoms with E-state index in [1.165, 1.54) is 50.5 Å². The third-order valence-corrected chi connectivity index (χ3v) is 5.98. The lowest BCUT2D eigenvalue weighted by Crippen LogP contribution is -2.32. The minimum atomic E-state index is 0.271. The summed E-state index contributed by atoms with van der Waals surface area (Å²) in [7, 11) is 0. The molecule has 2 saturated carbocycles. The molecule has 2 aliphatic rings. The lowest BCUT2D eigenvalue weighted by molar-refractivity contribution is 0.127. The molecule has 1 heterocycles. The Morgan fingerprint density at radius 1 is 1.15 bits per heavy atom. The second kappa shape index (κ2) is 6.47. The van der Waals surface area contributed by atoms with E-state index in [9.17, 15) is 0 Å². The SMILES string of the molecule is Cc1ccc(CC(Cl)C2CCC3CCCCC3C2)nc1. The Bertz CT molecular complexity index is 428. The molecule has 0 aliphatic heterocycles. The molecule has 2 heteroatoms. The number of pyridine rings is 1. The Kier molecular flexibility index (Phi) is 4.65. The monoisotopic (exact) mass is 291 g/mol. The summed E-state index contributed by atoms with van der Waals surface area (Å²) in [5, 5.41) is 0.271. The number of nitrogens with zero attached hydrogens (tertiary/aromatic N) is 1. The van der Waals surface area contributed by atoms with E-state index >= 15 is 0 Å². The molecule has 0 radical (unpaired) electrons. The molecule has 4 unspecified atom stereocenters. The third kappa shape index (κ3) is 3.36. The largest absolute Gasteiger partial charge is 0.261 e. The first-order chi connectivity index (χ1) is 9.72. The Morgan fingerprint density at radius 3 is 2.70 bits per heavy atom. The lowest BCUT2D eigenvalue weighted by Gasteiger charge is -2.40. The van der Waals surface area contributed by atoms with E-state index in [-0.39, 0.29) is 5.38 Å². The van der Waals surface area contributed by atoms with Crippen molar-refractivity contribution in [1.29, 1.82) is 0 Å². The van der Waals surface area contributed by atoms with Gasteiger partial charge in [-0.05, 0) is 55.6 Å². The lowest BCUT2D eigenvalue weighted by atomic mass is 9.66. The van der Waals surface area contributed by atoms with Gasteiger partial charge < -0.3 is 0 Å². The van der Waals surface area contributed by atoms with Gasteiger partial charge in [0.2, 0.25) is 0 Å². The minimum absolute atomic E-state index is 0.271. The van der Waals surface area contributed by atoms with Gasteiger partial charge in [0, 0.05) is 23.7 Å². The van der Waals surface area contributed by atoms with Crippen LogP contribution in [0, 0.1) is 24.7 Å². The molecule has 1 aromatic rings. The van der Waals surface area contributed by atoms with Crippen molar-refractivity contribution >= 4 is 11.6 Å². The van der Waals surface area contributed by atoms with E-state index in [1.807, 2.05) is 6.20 Å². The van der Waals surface area contributed by atoms with Crippen LogP contribution in [0.2, 0.25) is 0 Å². The molecule has 3 rings (SSSR count). The van der Waals surface area contributed by atoms with E-state index in [0.717, 1.165) is 24.0 Å². The topological polar surface area (TPSA) is 12.9 Å². The fourth-order valence-electron chi connectivity index (χ4n) is 4.22. The zero-order valence-electron chi connectivity index (χ0n) is 12.5. The summed E-state index contributed by atoms with van der Waals surface area (Å²) < 4.78 is 0. The molecule has 4 atom stereocenters. The van der Waals surface area contributed by atoms with Crippen LogP contribution in [0.5, 0.6) is 0 Å². The molecule has 0 amide bonds. The van der Waals surface area contributed by atoms with Gasteiger partial charge >= 0.3 is 0 Å². The predicted octanol–water partition coefficient (Wildman–Crippen LogP) is 5.15. The summed E-state index contributed by atoms with van der Waals surface area (Å²) in [6.45, 7) is 2.08. The summed E-state index contributed by atoms with van der Waals surface area (Å²) in [6, 6.07) is 4.28. The highest BCUT2D eigenvalue weighted by Gasteiger charge is 2.34. The molecule has 1 aromatic heterocycles. The average Bonchev–Trinajstić information content (AvgIpc) is 2.49. The minimum Gasteiger partial charge on any atom is -0.261 e. The van der Waals surface area contributed by atoms with Gasteiger partial charge in [-0.25, -0.2) is 0 Å². The van der Waals surface area contributed by atoms with Crippen LogP contribution in [0.25, 0.3) is 0 Å². The van der Waals surface area contributed by atoms with Gasteiger partial charge in [0.05, 0.1) is 0 Å². The number of hydrogen-bond acceptors (Lipinski definition) is 1. The number of hydrogen-bond donors (Lipinski definition) is 0. The number of rotatable bonds is 3. The molecule has 0 aromatic carbocycles. The molecular weight excluding hydrogens is 266 g/mol. The van der Waals surface area contributed by atoms with Crippen molar-refractivity contribution in [3.8, 4) is 0 Å². The first-order valence-corrected chi connectivity index (χ1v) is 8.71.